The van der Waals surface area contributed by atoms with Crippen molar-refractivity contribution in [2.75, 3.05) is 19.3 Å². The lowest BCUT2D eigenvalue weighted by Crippen LogP contribution is -2.19. The summed E-state index contributed by atoms with van der Waals surface area (Å²) in [5, 5.41) is 18.5. The zero-order valence-corrected chi connectivity index (χ0v) is 23.6. The molecule has 2 heterocycles. The molecule has 4 aromatic rings. The minimum absolute atomic E-state index is 0.00125. The van der Waals surface area contributed by atoms with Crippen LogP contribution >= 0.6 is 11.8 Å². The van der Waals surface area contributed by atoms with Crippen molar-refractivity contribution in [3.05, 3.63) is 101 Å². The van der Waals surface area contributed by atoms with Crippen LogP contribution in [-0.2, 0) is 11.4 Å². The second kappa shape index (κ2) is 13.3. The van der Waals surface area contributed by atoms with E-state index in [0.29, 0.717) is 17.0 Å². The Hall–Kier alpha value is -4.99. The summed E-state index contributed by atoms with van der Waals surface area (Å²) in [6.45, 7) is 0.724. The van der Waals surface area contributed by atoms with Crippen molar-refractivity contribution in [2.45, 2.75) is 17.7 Å². The maximum absolute atomic E-state index is 15.8. The molecule has 1 unspecified atom stereocenters. The van der Waals surface area contributed by atoms with Crippen molar-refractivity contribution in [3.63, 3.8) is 0 Å². The summed E-state index contributed by atoms with van der Waals surface area (Å²) in [7, 11) is 1.82. The molecule has 1 aliphatic rings. The predicted molar refractivity (Wildman–Crippen MR) is 155 cm³/mol. The second-order valence-electron chi connectivity index (χ2n) is 9.33. The molecular weight excluding hydrogens is 578 g/mol. The van der Waals surface area contributed by atoms with E-state index in [1.165, 1.54) is 24.3 Å². The number of carbonyl (C=O) groups is 1. The van der Waals surface area contributed by atoms with E-state index in [-0.39, 0.29) is 35.2 Å². The highest BCUT2D eigenvalue weighted by molar-refractivity contribution is 8.00. The topological polar surface area (TPSA) is 117 Å². The maximum Gasteiger partial charge on any atom is 0.313 e. The Morgan fingerprint density at radius 2 is 1.88 bits per heavy atom. The zero-order chi connectivity index (χ0) is 30.3. The Morgan fingerprint density at radius 1 is 1.09 bits per heavy atom. The van der Waals surface area contributed by atoms with Crippen LogP contribution < -0.4 is 14.2 Å². The first-order valence-corrected chi connectivity index (χ1v) is 13.9. The van der Waals surface area contributed by atoms with Crippen molar-refractivity contribution in [2.24, 2.45) is 4.99 Å². The number of aliphatic carboxylic acids is 1. The summed E-state index contributed by atoms with van der Waals surface area (Å²) in [5.41, 5.74) is 1.59. The number of pyridine rings is 1. The van der Waals surface area contributed by atoms with E-state index in [1.54, 1.807) is 18.3 Å². The molecule has 1 atom stereocenters. The van der Waals surface area contributed by atoms with Gasteiger partial charge < -0.3 is 19.3 Å². The number of halogens is 2. The van der Waals surface area contributed by atoms with Crippen LogP contribution in [0.3, 0.4) is 0 Å². The molecule has 0 amide bonds. The molecule has 5 rings (SSSR count). The van der Waals surface area contributed by atoms with Gasteiger partial charge in [-0.1, -0.05) is 30.3 Å². The van der Waals surface area contributed by atoms with Crippen LogP contribution in [0.1, 0.15) is 22.9 Å². The van der Waals surface area contributed by atoms with E-state index < -0.39 is 35.4 Å². The standard InChI is InChI=1S/C31H24F2N4O5S/c1-37-12-11-35-30(37)22-14-21(43-18-27(38)39)8-10-24(22)41-29-23(32)16-36-31(28(29)33)42-26-13-20(15-34)7-9-25(26)40-17-19-5-3-2-4-6-19/h2-11,13-14,16,30H,12,17-18H2,1H3,(H,38,39). The van der Waals surface area contributed by atoms with E-state index in [9.17, 15) is 14.4 Å². The molecule has 12 heteroatoms. The maximum atomic E-state index is 15.8. The van der Waals surface area contributed by atoms with E-state index in [1.807, 2.05) is 48.3 Å². The number of hydrogen-bond acceptors (Lipinski definition) is 9. The summed E-state index contributed by atoms with van der Waals surface area (Å²) in [5.74, 6) is -4.45. The number of aliphatic imine (C=N–C) groups is 1. The molecule has 218 valence electrons. The quantitative estimate of drug-likeness (QED) is 0.190. The third-order valence-corrected chi connectivity index (χ3v) is 7.26. The number of benzene rings is 3. The molecule has 3 aromatic carbocycles. The number of carboxylic acids is 1. The second-order valence-corrected chi connectivity index (χ2v) is 10.4. The molecule has 0 radical (unpaired) electrons. The van der Waals surface area contributed by atoms with Gasteiger partial charge in [0.2, 0.25) is 11.6 Å². The van der Waals surface area contributed by atoms with E-state index in [2.05, 4.69) is 9.98 Å². The van der Waals surface area contributed by atoms with Crippen LogP contribution in [0.2, 0.25) is 0 Å². The third-order valence-electron chi connectivity index (χ3n) is 6.28. The number of rotatable bonds is 11. The van der Waals surface area contributed by atoms with Gasteiger partial charge in [-0.05, 0) is 42.9 Å². The summed E-state index contributed by atoms with van der Waals surface area (Å²) in [4.78, 5) is 21.8. The first-order valence-electron chi connectivity index (χ1n) is 12.9. The highest BCUT2D eigenvalue weighted by atomic mass is 32.2. The number of aromatic nitrogens is 1. The van der Waals surface area contributed by atoms with Crippen LogP contribution in [0.25, 0.3) is 0 Å². The summed E-state index contributed by atoms with van der Waals surface area (Å²) in [6.07, 6.45) is 1.96. The van der Waals surface area contributed by atoms with Gasteiger partial charge in [-0.2, -0.15) is 9.65 Å². The fourth-order valence-corrected chi connectivity index (χ4v) is 4.85. The van der Waals surface area contributed by atoms with Gasteiger partial charge in [-0.3, -0.25) is 14.7 Å². The van der Waals surface area contributed by atoms with Crippen molar-refractivity contribution in [1.29, 1.82) is 5.26 Å². The molecule has 9 nitrogen and oxygen atoms in total. The van der Waals surface area contributed by atoms with Crippen LogP contribution in [-0.4, -0.2) is 46.5 Å². The summed E-state index contributed by atoms with van der Waals surface area (Å²) < 4.78 is 48.1. The number of nitrogens with zero attached hydrogens (tertiary/aromatic N) is 4. The minimum atomic E-state index is -1.21. The SMILES string of the molecule is CN1CC=NC1c1cc(SCC(=O)O)ccc1Oc1c(F)cnc(Oc2cc(C#N)ccc2OCc2ccccc2)c1F. The fourth-order valence-electron chi connectivity index (χ4n) is 4.19. The van der Waals surface area contributed by atoms with Crippen LogP contribution in [0, 0.1) is 23.0 Å². The third kappa shape index (κ3) is 7.09. The van der Waals surface area contributed by atoms with Gasteiger partial charge in [-0.25, -0.2) is 9.37 Å². The molecule has 0 saturated heterocycles. The Kier molecular flexibility index (Phi) is 9.14. The highest BCUT2D eigenvalue weighted by Gasteiger charge is 2.27. The lowest BCUT2D eigenvalue weighted by Gasteiger charge is -2.22. The number of nitriles is 1. The fraction of sp³-hybridized carbons (Fsp3) is 0.161. The average Bonchev–Trinajstić information content (AvgIpc) is 3.45. The number of thioether (sulfide) groups is 1. The summed E-state index contributed by atoms with van der Waals surface area (Å²) in [6, 6.07) is 20.5. The lowest BCUT2D eigenvalue weighted by molar-refractivity contribution is -0.133. The molecule has 0 spiro atoms. The van der Waals surface area contributed by atoms with E-state index >= 15 is 4.39 Å². The van der Waals surface area contributed by atoms with Crippen molar-refractivity contribution < 1.29 is 32.9 Å². The van der Waals surface area contributed by atoms with Crippen LogP contribution in [0.15, 0.2) is 82.8 Å². The van der Waals surface area contributed by atoms with Crippen molar-refractivity contribution >= 4 is 23.9 Å². The number of hydrogen-bond donors (Lipinski definition) is 1. The number of carboxylic acid groups (broad SMARTS) is 1. The Labute approximate surface area is 250 Å². The molecule has 0 fully saturated rings. The van der Waals surface area contributed by atoms with Gasteiger partial charge in [0, 0.05) is 29.3 Å². The smallest absolute Gasteiger partial charge is 0.313 e. The van der Waals surface area contributed by atoms with Gasteiger partial charge in [0.1, 0.15) is 18.5 Å². The van der Waals surface area contributed by atoms with E-state index in [4.69, 9.17) is 19.3 Å². The first-order chi connectivity index (χ1) is 20.8. The lowest BCUT2D eigenvalue weighted by atomic mass is 10.1. The Bertz CT molecular complexity index is 1710. The van der Waals surface area contributed by atoms with Gasteiger partial charge >= 0.3 is 5.97 Å². The minimum Gasteiger partial charge on any atom is -0.485 e. The molecule has 43 heavy (non-hydrogen) atoms. The molecule has 0 saturated carbocycles. The van der Waals surface area contributed by atoms with Crippen LogP contribution in [0.5, 0.6) is 28.9 Å². The summed E-state index contributed by atoms with van der Waals surface area (Å²) >= 11 is 1.10. The molecule has 1 aromatic heterocycles. The van der Waals surface area contributed by atoms with Crippen LogP contribution in [0.4, 0.5) is 8.78 Å². The predicted octanol–water partition coefficient (Wildman–Crippen LogP) is 6.59. The van der Waals surface area contributed by atoms with Gasteiger partial charge in [0.15, 0.2) is 17.3 Å². The highest BCUT2D eigenvalue weighted by Crippen LogP contribution is 2.41. The largest absolute Gasteiger partial charge is 0.485 e. The molecule has 1 aliphatic heterocycles. The Morgan fingerprint density at radius 3 is 2.60 bits per heavy atom. The normalized spacial score (nSPS) is 14.3. The molecular formula is C31H24F2N4O5S. The molecule has 0 bridgehead atoms. The molecule has 0 aliphatic carbocycles. The first kappa shape index (κ1) is 29.5. The van der Waals surface area contributed by atoms with Gasteiger partial charge in [0.05, 0.1) is 23.6 Å². The monoisotopic (exact) mass is 602 g/mol. The van der Waals surface area contributed by atoms with E-state index in [0.717, 1.165) is 23.5 Å². The Balaban J connectivity index is 1.45. The number of ether oxygens (including phenoxy) is 3. The molecule has 1 N–H and O–H groups in total. The van der Waals surface area contributed by atoms with Crippen molar-refractivity contribution in [3.8, 4) is 34.9 Å². The average molecular weight is 603 g/mol. The van der Waals surface area contributed by atoms with Gasteiger partial charge in [0.25, 0.3) is 5.88 Å². The zero-order valence-electron chi connectivity index (χ0n) is 22.7. The van der Waals surface area contributed by atoms with Gasteiger partial charge in [-0.15, -0.1) is 11.8 Å². The van der Waals surface area contributed by atoms with Crippen molar-refractivity contribution in [1.82, 2.24) is 9.88 Å².